The van der Waals surface area contributed by atoms with Gasteiger partial charge in [-0.2, -0.15) is 0 Å². The van der Waals surface area contributed by atoms with E-state index in [2.05, 4.69) is 17.5 Å². The number of halogens is 1. The molecule has 39 heavy (non-hydrogen) atoms. The Bertz CT molecular complexity index is 1520. The molecule has 2 aromatic carbocycles. The molecule has 2 bridgehead atoms. The van der Waals surface area contributed by atoms with Crippen LogP contribution in [0.1, 0.15) is 35.7 Å². The third kappa shape index (κ3) is 3.25. The molecule has 2 N–H and O–H groups in total. The molecule has 4 heterocycles. The van der Waals surface area contributed by atoms with E-state index >= 15 is 0 Å². The standard InChI is InChI=1S/C30H29N3O5.ClH/c1-3-17-13-33(14-24(36)18-7-8-25-22(11-18)32(2)27(37)16-38-25)10-9-30-21-5-4-6-23(35)28(21)31-29(30)20(15-34)19(17)12-26(30)33;/h3-8,11,15,19,26H,9-10,12-14,16H2,1-2H3,(H-,31,34,35);1H/b17-3-;/t19-,26?,30+,33?;/m0./s1. The molecule has 0 radical (unpaired) electrons. The number of nitrogens with one attached hydrogen (secondary N) is 1. The maximum atomic E-state index is 13.9. The average molecular weight is 548 g/mol. The van der Waals surface area contributed by atoms with E-state index < -0.39 is 5.41 Å². The van der Waals surface area contributed by atoms with Crippen molar-refractivity contribution in [1.29, 1.82) is 0 Å². The van der Waals surface area contributed by atoms with E-state index in [-0.39, 0.29) is 48.4 Å². The highest BCUT2D eigenvalue weighted by atomic mass is 35.5. The van der Waals surface area contributed by atoms with Crippen molar-refractivity contribution in [2.24, 2.45) is 5.92 Å². The lowest BCUT2D eigenvalue weighted by atomic mass is 9.61. The lowest BCUT2D eigenvalue weighted by Gasteiger charge is -2.53. The molecule has 2 aromatic rings. The van der Waals surface area contributed by atoms with Crippen LogP contribution in [0.5, 0.6) is 11.5 Å². The third-order valence-corrected chi connectivity index (χ3v) is 9.79. The number of likely N-dealkylation sites (N-methyl/N-ethyl adjacent to an activating group) is 1. The Hall–Kier alpha value is -3.62. The van der Waals surface area contributed by atoms with Crippen molar-refractivity contribution in [3.05, 3.63) is 70.4 Å². The second kappa shape index (κ2) is 8.69. The highest BCUT2D eigenvalue weighted by Crippen LogP contribution is 2.64. The van der Waals surface area contributed by atoms with Crippen LogP contribution in [0.2, 0.25) is 0 Å². The molecule has 2 saturated heterocycles. The monoisotopic (exact) mass is 547 g/mol. The van der Waals surface area contributed by atoms with Gasteiger partial charge in [-0.1, -0.05) is 18.2 Å². The van der Waals surface area contributed by atoms with Crippen molar-refractivity contribution in [1.82, 2.24) is 0 Å². The molecular formula is C30H30ClN3O5. The summed E-state index contributed by atoms with van der Waals surface area (Å²) < 4.78 is 6.17. The second-order valence-electron chi connectivity index (χ2n) is 11.3. The zero-order valence-electron chi connectivity index (χ0n) is 21.9. The number of Topliss-reactive ketones (excluding diaryl/α,β-unsaturated/α-hetero) is 1. The number of hydrogen-bond acceptors (Lipinski definition) is 6. The SMILES string of the molecule is C/C=C1/C[N+]2(CC(=O)c3ccc4c(c3)N(C)C(=O)CO4)CC[C@]34C(=C(C=O)[C@H]1CC32)Nc1c(O)cccc14.[Cl-]. The lowest BCUT2D eigenvalue weighted by Crippen LogP contribution is -3.00. The number of carbonyl (C=O) groups excluding carboxylic acids is 3. The van der Waals surface area contributed by atoms with Crippen LogP contribution in [0.4, 0.5) is 11.4 Å². The summed E-state index contributed by atoms with van der Waals surface area (Å²) in [6.07, 6.45) is 4.68. The number of piperidine rings is 1. The van der Waals surface area contributed by atoms with Crippen LogP contribution in [-0.2, 0) is 15.0 Å². The van der Waals surface area contributed by atoms with E-state index in [1.54, 1.807) is 36.2 Å². The Morgan fingerprint density at radius 3 is 2.90 bits per heavy atom. The number of hydrogen-bond donors (Lipinski definition) is 2. The van der Waals surface area contributed by atoms with Gasteiger partial charge in [0, 0.05) is 42.6 Å². The number of aromatic hydroxyl groups is 1. The fourth-order valence-corrected chi connectivity index (χ4v) is 8.00. The van der Waals surface area contributed by atoms with Gasteiger partial charge in [0.05, 0.1) is 23.3 Å². The maximum absolute atomic E-state index is 13.9. The molecule has 4 aliphatic heterocycles. The summed E-state index contributed by atoms with van der Waals surface area (Å²) in [4.78, 5) is 40.2. The van der Waals surface area contributed by atoms with E-state index in [1.807, 2.05) is 13.0 Å². The van der Waals surface area contributed by atoms with Gasteiger partial charge in [0.25, 0.3) is 5.91 Å². The number of nitrogens with zero attached hydrogens (tertiary/aromatic N) is 2. The fraction of sp³-hybridized carbons (Fsp3) is 0.367. The number of rotatable bonds is 4. The molecule has 4 atom stereocenters. The minimum Gasteiger partial charge on any atom is -1.00 e. The second-order valence-corrected chi connectivity index (χ2v) is 11.3. The minimum atomic E-state index is -0.434. The van der Waals surface area contributed by atoms with Gasteiger partial charge in [0.1, 0.15) is 36.9 Å². The molecule has 0 aromatic heterocycles. The Morgan fingerprint density at radius 1 is 1.31 bits per heavy atom. The first-order chi connectivity index (χ1) is 18.3. The molecule has 2 unspecified atom stereocenters. The minimum absolute atomic E-state index is 0. The number of phenolic OH excluding ortho intramolecular Hbond substituents is 1. The van der Waals surface area contributed by atoms with E-state index in [4.69, 9.17) is 4.74 Å². The Balaban J connectivity index is 0.00000277. The zero-order valence-corrected chi connectivity index (χ0v) is 22.6. The number of anilines is 2. The number of aldehydes is 1. The highest BCUT2D eigenvalue weighted by molar-refractivity contribution is 6.02. The predicted octanol–water partition coefficient (Wildman–Crippen LogP) is 0.320. The predicted molar refractivity (Wildman–Crippen MR) is 141 cm³/mol. The van der Waals surface area contributed by atoms with Gasteiger partial charge in [0.2, 0.25) is 5.78 Å². The summed E-state index contributed by atoms with van der Waals surface area (Å²) in [6.45, 7) is 3.84. The van der Waals surface area contributed by atoms with Gasteiger partial charge in [-0.3, -0.25) is 14.4 Å². The number of phenols is 1. The van der Waals surface area contributed by atoms with Crippen LogP contribution < -0.4 is 27.4 Å². The van der Waals surface area contributed by atoms with Crippen molar-refractivity contribution in [2.75, 3.05) is 43.5 Å². The van der Waals surface area contributed by atoms with Crippen molar-refractivity contribution < 1.29 is 41.1 Å². The quantitative estimate of drug-likeness (QED) is 0.188. The number of carbonyl (C=O) groups is 3. The average Bonchev–Trinajstić information content (AvgIpc) is 3.45. The molecule has 2 fully saturated rings. The van der Waals surface area contributed by atoms with Gasteiger partial charge in [-0.15, -0.1) is 0 Å². The van der Waals surface area contributed by atoms with Crippen LogP contribution in [-0.4, -0.2) is 66.9 Å². The summed E-state index contributed by atoms with van der Waals surface area (Å²) >= 11 is 0. The number of amides is 1. The molecule has 8 nitrogen and oxygen atoms in total. The van der Waals surface area contributed by atoms with Crippen LogP contribution in [0, 0.1) is 5.92 Å². The van der Waals surface area contributed by atoms with Gasteiger partial charge in [-0.05, 0) is 42.3 Å². The normalized spacial score (nSPS) is 30.6. The van der Waals surface area contributed by atoms with E-state index in [1.165, 1.54) is 5.57 Å². The van der Waals surface area contributed by atoms with Gasteiger partial charge in [0.15, 0.2) is 6.61 Å². The molecule has 0 saturated carbocycles. The molecule has 5 aliphatic rings. The topological polar surface area (TPSA) is 95.9 Å². The number of fused-ring (bicyclic) bond motifs is 3. The van der Waals surface area contributed by atoms with Crippen LogP contribution in [0.15, 0.2) is 59.3 Å². The van der Waals surface area contributed by atoms with Crippen LogP contribution >= 0.6 is 0 Å². The van der Waals surface area contributed by atoms with Crippen molar-refractivity contribution in [2.45, 2.75) is 31.2 Å². The summed E-state index contributed by atoms with van der Waals surface area (Å²) in [7, 11) is 1.70. The van der Waals surface area contributed by atoms with Gasteiger partial charge >= 0.3 is 0 Å². The summed E-state index contributed by atoms with van der Waals surface area (Å²) in [5.74, 6) is 0.674. The Labute approximate surface area is 232 Å². The van der Waals surface area contributed by atoms with Crippen molar-refractivity contribution in [3.8, 4) is 11.5 Å². The Kier molecular flexibility index (Phi) is 5.72. The van der Waals surface area contributed by atoms with Gasteiger partial charge in [-0.25, -0.2) is 0 Å². The first-order valence-corrected chi connectivity index (χ1v) is 13.2. The number of allylic oxidation sites excluding steroid dienone is 2. The summed E-state index contributed by atoms with van der Waals surface area (Å²) in [6, 6.07) is 11.0. The van der Waals surface area contributed by atoms with E-state index in [0.717, 1.165) is 42.5 Å². The number of ketones is 1. The first-order valence-electron chi connectivity index (χ1n) is 13.2. The highest BCUT2D eigenvalue weighted by Gasteiger charge is 2.69. The molecule has 1 aliphatic carbocycles. The largest absolute Gasteiger partial charge is 1.00 e. The zero-order chi connectivity index (χ0) is 26.4. The summed E-state index contributed by atoms with van der Waals surface area (Å²) in [5.41, 5.74) is 5.32. The van der Waals surface area contributed by atoms with Crippen molar-refractivity contribution in [3.63, 3.8) is 0 Å². The first kappa shape index (κ1) is 25.6. The van der Waals surface area contributed by atoms with E-state index in [9.17, 15) is 19.5 Å². The fourth-order valence-electron chi connectivity index (χ4n) is 8.00. The smallest absolute Gasteiger partial charge is 0.264 e. The molecule has 1 amide bonds. The molecular weight excluding hydrogens is 518 g/mol. The molecule has 7 rings (SSSR count). The number of ether oxygens (including phenoxy) is 1. The summed E-state index contributed by atoms with van der Waals surface area (Å²) in [5, 5.41) is 14.2. The Morgan fingerprint density at radius 2 is 2.13 bits per heavy atom. The molecule has 1 spiro atoms. The number of para-hydroxylation sites is 1. The number of quaternary nitrogens is 1. The van der Waals surface area contributed by atoms with Crippen LogP contribution in [0.25, 0.3) is 0 Å². The molecule has 202 valence electrons. The maximum Gasteiger partial charge on any atom is 0.264 e. The van der Waals surface area contributed by atoms with Gasteiger partial charge < -0.3 is 37.0 Å². The third-order valence-electron chi connectivity index (χ3n) is 9.79. The van der Waals surface area contributed by atoms with Crippen LogP contribution in [0.3, 0.4) is 0 Å². The molecule has 9 heteroatoms. The van der Waals surface area contributed by atoms with Crippen molar-refractivity contribution >= 4 is 29.4 Å². The lowest BCUT2D eigenvalue weighted by molar-refractivity contribution is -0.934. The van der Waals surface area contributed by atoms with E-state index in [0.29, 0.717) is 40.3 Å². The number of benzene rings is 2.